The number of nitrogens with zero attached hydrogens (tertiary/aromatic N) is 5. The maximum Gasteiger partial charge on any atom is 0.224 e. The molecular weight excluding hydrogens is 400 g/mol. The molecule has 32 heavy (non-hydrogen) atoms. The smallest absolute Gasteiger partial charge is 0.224 e. The highest BCUT2D eigenvalue weighted by Crippen LogP contribution is 2.23. The van der Waals surface area contributed by atoms with Gasteiger partial charge in [-0.2, -0.15) is 5.10 Å². The van der Waals surface area contributed by atoms with E-state index in [2.05, 4.69) is 20.2 Å². The summed E-state index contributed by atoms with van der Waals surface area (Å²) in [6.07, 6.45) is 6.35. The summed E-state index contributed by atoms with van der Waals surface area (Å²) in [7, 11) is 0. The molecule has 0 radical (unpaired) electrons. The van der Waals surface area contributed by atoms with Gasteiger partial charge in [-0.1, -0.05) is 18.2 Å². The molecule has 1 aromatic carbocycles. The van der Waals surface area contributed by atoms with Gasteiger partial charge in [0.15, 0.2) is 5.82 Å². The molecule has 3 heterocycles. The number of para-hydroxylation sites is 1. The predicted molar refractivity (Wildman–Crippen MR) is 128 cm³/mol. The minimum Gasteiger partial charge on any atom is -0.356 e. The Bertz CT molecular complexity index is 1090. The van der Waals surface area contributed by atoms with Crippen molar-refractivity contribution in [2.75, 3.05) is 23.3 Å². The molecule has 1 aliphatic heterocycles. The molecule has 0 saturated carbocycles. The second-order valence-electron chi connectivity index (χ2n) is 8.66. The molecule has 7 nitrogen and oxygen atoms in total. The van der Waals surface area contributed by atoms with Crippen molar-refractivity contribution in [2.24, 2.45) is 0 Å². The normalized spacial score (nSPS) is 13.9. The number of carbonyl (C=O) groups excluding carboxylic acids is 1. The van der Waals surface area contributed by atoms with Crippen LogP contribution in [-0.4, -0.2) is 38.7 Å². The highest BCUT2D eigenvalue weighted by molar-refractivity contribution is 5.92. The van der Waals surface area contributed by atoms with Crippen LogP contribution < -0.4 is 10.2 Å². The number of piperidine rings is 1. The first kappa shape index (κ1) is 22.0. The van der Waals surface area contributed by atoms with Gasteiger partial charge in [0, 0.05) is 37.0 Å². The van der Waals surface area contributed by atoms with Crippen molar-refractivity contribution in [3.8, 4) is 5.82 Å². The van der Waals surface area contributed by atoms with Crippen LogP contribution in [0.1, 0.15) is 53.8 Å². The van der Waals surface area contributed by atoms with Gasteiger partial charge < -0.3 is 10.2 Å². The van der Waals surface area contributed by atoms with Crippen LogP contribution in [0.2, 0.25) is 0 Å². The number of hydrogen-bond acceptors (Lipinski definition) is 5. The average molecular weight is 433 g/mol. The molecule has 168 valence electrons. The SMILES string of the molecule is Cc1cccc(C)c1NC(=O)CCc1c(C)nn(-c2cc(N3CCCCC3)ncn2)c1C. The van der Waals surface area contributed by atoms with Crippen LogP contribution in [0.3, 0.4) is 0 Å². The number of aryl methyl sites for hydroxylation is 3. The third-order valence-corrected chi connectivity index (χ3v) is 6.32. The van der Waals surface area contributed by atoms with E-state index >= 15 is 0 Å². The highest BCUT2D eigenvalue weighted by Gasteiger charge is 2.18. The third-order valence-electron chi connectivity index (χ3n) is 6.32. The molecule has 4 rings (SSSR count). The molecule has 1 fully saturated rings. The van der Waals surface area contributed by atoms with Crippen molar-refractivity contribution in [2.45, 2.75) is 59.8 Å². The fraction of sp³-hybridized carbons (Fsp3) is 0.440. The Hall–Kier alpha value is -3.22. The topological polar surface area (TPSA) is 75.9 Å². The minimum absolute atomic E-state index is 0.0170. The van der Waals surface area contributed by atoms with E-state index in [0.29, 0.717) is 12.8 Å². The Labute approximate surface area is 189 Å². The number of aromatic nitrogens is 4. The summed E-state index contributed by atoms with van der Waals surface area (Å²) in [6.45, 7) is 10.1. The molecule has 0 atom stereocenters. The molecule has 0 unspecified atom stereocenters. The van der Waals surface area contributed by atoms with Crippen molar-refractivity contribution >= 4 is 17.4 Å². The Morgan fingerprint density at radius 2 is 1.69 bits per heavy atom. The molecule has 1 amide bonds. The summed E-state index contributed by atoms with van der Waals surface area (Å²) in [5, 5.41) is 7.81. The van der Waals surface area contributed by atoms with E-state index in [9.17, 15) is 4.79 Å². The lowest BCUT2D eigenvalue weighted by molar-refractivity contribution is -0.116. The number of nitrogens with one attached hydrogen (secondary N) is 1. The van der Waals surface area contributed by atoms with Gasteiger partial charge in [-0.05, 0) is 70.1 Å². The van der Waals surface area contributed by atoms with Crippen LogP contribution in [0, 0.1) is 27.7 Å². The summed E-state index contributed by atoms with van der Waals surface area (Å²) < 4.78 is 1.88. The molecule has 7 heteroatoms. The lowest BCUT2D eigenvalue weighted by Crippen LogP contribution is -2.30. The van der Waals surface area contributed by atoms with Crippen molar-refractivity contribution in [1.29, 1.82) is 0 Å². The predicted octanol–water partition coefficient (Wildman–Crippen LogP) is 4.46. The summed E-state index contributed by atoms with van der Waals surface area (Å²) >= 11 is 0. The standard InChI is InChI=1S/C25H32N6O/c1-17-9-8-10-18(2)25(17)28-24(32)12-11-21-19(3)29-31(20(21)4)23-15-22(26-16-27-23)30-13-6-5-7-14-30/h8-10,15-16H,5-7,11-14H2,1-4H3,(H,28,32). The number of anilines is 2. The number of amides is 1. The summed E-state index contributed by atoms with van der Waals surface area (Å²) in [5.41, 5.74) is 6.11. The number of hydrogen-bond donors (Lipinski definition) is 1. The maximum atomic E-state index is 12.6. The lowest BCUT2D eigenvalue weighted by atomic mass is 10.1. The quantitative estimate of drug-likeness (QED) is 0.622. The summed E-state index contributed by atoms with van der Waals surface area (Å²) in [6, 6.07) is 8.05. The molecule has 0 aliphatic carbocycles. The van der Waals surface area contributed by atoms with Gasteiger partial charge in [0.05, 0.1) is 5.69 Å². The largest absolute Gasteiger partial charge is 0.356 e. The highest BCUT2D eigenvalue weighted by atomic mass is 16.1. The summed E-state index contributed by atoms with van der Waals surface area (Å²) in [4.78, 5) is 23.9. The second kappa shape index (κ2) is 9.51. The molecule has 0 bridgehead atoms. The van der Waals surface area contributed by atoms with Gasteiger partial charge in [0.1, 0.15) is 12.1 Å². The number of benzene rings is 1. The van der Waals surface area contributed by atoms with Gasteiger partial charge >= 0.3 is 0 Å². The molecule has 2 aromatic heterocycles. The first-order valence-electron chi connectivity index (χ1n) is 11.4. The van der Waals surface area contributed by atoms with E-state index in [1.807, 2.05) is 56.6 Å². The van der Waals surface area contributed by atoms with E-state index in [0.717, 1.165) is 58.5 Å². The monoisotopic (exact) mass is 432 g/mol. The maximum absolute atomic E-state index is 12.6. The minimum atomic E-state index is 0.0170. The fourth-order valence-corrected chi connectivity index (χ4v) is 4.46. The Morgan fingerprint density at radius 1 is 1.00 bits per heavy atom. The number of rotatable bonds is 6. The molecule has 1 saturated heterocycles. The zero-order valence-electron chi connectivity index (χ0n) is 19.5. The van der Waals surface area contributed by atoms with Crippen molar-refractivity contribution in [3.05, 3.63) is 58.7 Å². The first-order chi connectivity index (χ1) is 15.4. The number of carbonyl (C=O) groups is 1. The van der Waals surface area contributed by atoms with Gasteiger partial charge in [-0.15, -0.1) is 0 Å². The van der Waals surface area contributed by atoms with Crippen molar-refractivity contribution < 1.29 is 4.79 Å². The van der Waals surface area contributed by atoms with Crippen molar-refractivity contribution in [1.82, 2.24) is 19.7 Å². The van der Waals surface area contributed by atoms with Crippen LogP contribution in [0.25, 0.3) is 5.82 Å². The zero-order valence-corrected chi connectivity index (χ0v) is 19.5. The van der Waals surface area contributed by atoms with E-state index in [1.165, 1.54) is 19.3 Å². The van der Waals surface area contributed by atoms with Gasteiger partial charge in [-0.25, -0.2) is 14.6 Å². The zero-order chi connectivity index (χ0) is 22.7. The second-order valence-corrected chi connectivity index (χ2v) is 8.66. The molecule has 0 spiro atoms. The fourth-order valence-electron chi connectivity index (χ4n) is 4.46. The van der Waals surface area contributed by atoms with Crippen LogP contribution in [-0.2, 0) is 11.2 Å². The first-order valence-corrected chi connectivity index (χ1v) is 11.4. The lowest BCUT2D eigenvalue weighted by Gasteiger charge is -2.27. The third kappa shape index (κ3) is 4.66. The Balaban J connectivity index is 1.48. The van der Waals surface area contributed by atoms with Gasteiger partial charge in [-0.3, -0.25) is 4.79 Å². The summed E-state index contributed by atoms with van der Waals surface area (Å²) in [5.74, 6) is 1.74. The van der Waals surface area contributed by atoms with E-state index in [1.54, 1.807) is 6.33 Å². The molecular formula is C25H32N6O. The molecule has 1 aliphatic rings. The Kier molecular flexibility index (Phi) is 6.53. The van der Waals surface area contributed by atoms with Crippen LogP contribution in [0.4, 0.5) is 11.5 Å². The van der Waals surface area contributed by atoms with E-state index < -0.39 is 0 Å². The molecule has 3 aromatic rings. The van der Waals surface area contributed by atoms with Crippen LogP contribution in [0.5, 0.6) is 0 Å². The average Bonchev–Trinajstić information content (AvgIpc) is 3.09. The van der Waals surface area contributed by atoms with Gasteiger partial charge in [0.2, 0.25) is 5.91 Å². The van der Waals surface area contributed by atoms with E-state index in [-0.39, 0.29) is 5.91 Å². The van der Waals surface area contributed by atoms with E-state index in [4.69, 9.17) is 5.10 Å². The van der Waals surface area contributed by atoms with Crippen LogP contribution >= 0.6 is 0 Å². The van der Waals surface area contributed by atoms with Crippen molar-refractivity contribution in [3.63, 3.8) is 0 Å². The van der Waals surface area contributed by atoms with Gasteiger partial charge in [0.25, 0.3) is 0 Å². The molecule has 1 N–H and O–H groups in total. The van der Waals surface area contributed by atoms with Crippen LogP contribution in [0.15, 0.2) is 30.6 Å². The Morgan fingerprint density at radius 3 is 2.41 bits per heavy atom.